The number of carbonyl (C=O) groups excluding carboxylic acids is 1. The van der Waals surface area contributed by atoms with Gasteiger partial charge in [-0.2, -0.15) is 0 Å². The zero-order chi connectivity index (χ0) is 16.3. The topological polar surface area (TPSA) is 55.6 Å². The average molecular weight is 341 g/mol. The lowest BCUT2D eigenvalue weighted by molar-refractivity contribution is -0.135. The van der Waals surface area contributed by atoms with E-state index >= 15 is 0 Å². The van der Waals surface area contributed by atoms with Crippen molar-refractivity contribution in [1.29, 1.82) is 0 Å². The van der Waals surface area contributed by atoms with Gasteiger partial charge in [-0.05, 0) is 29.4 Å². The molecule has 2 N–H and O–H groups in total. The van der Waals surface area contributed by atoms with Crippen molar-refractivity contribution in [3.05, 3.63) is 29.8 Å². The van der Waals surface area contributed by atoms with Crippen molar-refractivity contribution in [3.8, 4) is 5.75 Å². The van der Waals surface area contributed by atoms with Crippen LogP contribution in [-0.2, 0) is 4.79 Å². The van der Waals surface area contributed by atoms with E-state index in [9.17, 15) is 4.79 Å². The molecule has 0 aromatic heterocycles. The summed E-state index contributed by atoms with van der Waals surface area (Å²) in [7, 11) is 1.67. The molecule has 1 aromatic rings. The van der Waals surface area contributed by atoms with Gasteiger partial charge in [0.1, 0.15) is 5.75 Å². The normalized spacial score (nSPS) is 21.3. The summed E-state index contributed by atoms with van der Waals surface area (Å²) >= 11 is 0. The van der Waals surface area contributed by atoms with Gasteiger partial charge in [-0.25, -0.2) is 0 Å². The standard InChI is InChI=1S/C18H28N2O2.ClH/c1-13(14-7-5-6-8-15(14)22-4)11-17(21)20-10-9-16(19)18(2,3)12-20;/h5-8,13,16H,9-12,19H2,1-4H3;1H. The number of piperidine rings is 1. The molecule has 1 fully saturated rings. The van der Waals surface area contributed by atoms with Crippen LogP contribution in [0.25, 0.3) is 0 Å². The van der Waals surface area contributed by atoms with Crippen LogP contribution in [-0.4, -0.2) is 37.0 Å². The SMILES string of the molecule is COc1ccccc1C(C)CC(=O)N1CCC(N)C(C)(C)C1.Cl. The van der Waals surface area contributed by atoms with Crippen molar-refractivity contribution >= 4 is 18.3 Å². The number of hydrogen-bond acceptors (Lipinski definition) is 3. The molecule has 1 aliphatic rings. The third-order valence-electron chi connectivity index (χ3n) is 4.82. The van der Waals surface area contributed by atoms with Gasteiger partial charge in [0.25, 0.3) is 0 Å². The molecule has 1 saturated heterocycles. The van der Waals surface area contributed by atoms with Crippen LogP contribution in [0.5, 0.6) is 5.75 Å². The number of carbonyl (C=O) groups is 1. The molecule has 4 nitrogen and oxygen atoms in total. The fourth-order valence-electron chi connectivity index (χ4n) is 3.16. The molecule has 2 unspecified atom stereocenters. The molecule has 23 heavy (non-hydrogen) atoms. The largest absolute Gasteiger partial charge is 0.496 e. The molecular formula is C18H29ClN2O2. The first-order chi connectivity index (χ1) is 10.3. The average Bonchev–Trinajstić information content (AvgIpc) is 2.49. The molecule has 1 amide bonds. The smallest absolute Gasteiger partial charge is 0.223 e. The Kier molecular flexibility index (Phi) is 6.90. The maximum Gasteiger partial charge on any atom is 0.223 e. The highest BCUT2D eigenvalue weighted by atomic mass is 35.5. The van der Waals surface area contributed by atoms with Crippen molar-refractivity contribution in [2.45, 2.75) is 45.6 Å². The van der Waals surface area contributed by atoms with Gasteiger partial charge in [0, 0.05) is 25.6 Å². The summed E-state index contributed by atoms with van der Waals surface area (Å²) < 4.78 is 5.40. The minimum absolute atomic E-state index is 0. The van der Waals surface area contributed by atoms with Gasteiger partial charge in [0.05, 0.1) is 7.11 Å². The molecule has 130 valence electrons. The van der Waals surface area contributed by atoms with Crippen LogP contribution in [0, 0.1) is 5.41 Å². The summed E-state index contributed by atoms with van der Waals surface area (Å²) in [5, 5.41) is 0. The Balaban J connectivity index is 0.00000264. The summed E-state index contributed by atoms with van der Waals surface area (Å²) in [4.78, 5) is 14.6. The highest BCUT2D eigenvalue weighted by molar-refractivity contribution is 5.85. The van der Waals surface area contributed by atoms with Crippen LogP contribution >= 0.6 is 12.4 Å². The Hall–Kier alpha value is -1.26. The molecule has 1 heterocycles. The Morgan fingerprint density at radius 2 is 2.09 bits per heavy atom. The third-order valence-corrected chi connectivity index (χ3v) is 4.82. The van der Waals surface area contributed by atoms with E-state index in [0.717, 1.165) is 30.8 Å². The van der Waals surface area contributed by atoms with Gasteiger partial charge in [-0.3, -0.25) is 4.79 Å². The number of likely N-dealkylation sites (tertiary alicyclic amines) is 1. The summed E-state index contributed by atoms with van der Waals surface area (Å²) in [6.07, 6.45) is 1.38. The summed E-state index contributed by atoms with van der Waals surface area (Å²) in [5.74, 6) is 1.20. The Bertz CT molecular complexity index is 534. The molecular weight excluding hydrogens is 312 g/mol. The van der Waals surface area contributed by atoms with E-state index in [1.54, 1.807) is 7.11 Å². The van der Waals surface area contributed by atoms with E-state index in [2.05, 4.69) is 20.8 Å². The van der Waals surface area contributed by atoms with Gasteiger partial charge < -0.3 is 15.4 Å². The first-order valence-corrected chi connectivity index (χ1v) is 8.01. The van der Waals surface area contributed by atoms with E-state index in [-0.39, 0.29) is 35.7 Å². The van der Waals surface area contributed by atoms with Crippen LogP contribution in [0.2, 0.25) is 0 Å². The second kappa shape index (κ2) is 8.02. The molecule has 0 aliphatic carbocycles. The lowest BCUT2D eigenvalue weighted by Crippen LogP contribution is -2.54. The van der Waals surface area contributed by atoms with Crippen molar-refractivity contribution in [2.75, 3.05) is 20.2 Å². The van der Waals surface area contributed by atoms with Crippen LogP contribution in [0.1, 0.15) is 45.1 Å². The van der Waals surface area contributed by atoms with E-state index < -0.39 is 0 Å². The number of rotatable bonds is 4. The van der Waals surface area contributed by atoms with E-state index in [0.29, 0.717) is 6.42 Å². The molecule has 0 spiro atoms. The van der Waals surface area contributed by atoms with Crippen LogP contribution in [0.15, 0.2) is 24.3 Å². The number of hydrogen-bond donors (Lipinski definition) is 1. The maximum absolute atomic E-state index is 12.6. The van der Waals surface area contributed by atoms with Crippen LogP contribution in [0.4, 0.5) is 0 Å². The first kappa shape index (κ1) is 19.8. The van der Waals surface area contributed by atoms with Gasteiger partial charge in [0.15, 0.2) is 0 Å². The van der Waals surface area contributed by atoms with Gasteiger partial charge in [-0.1, -0.05) is 39.0 Å². The quantitative estimate of drug-likeness (QED) is 0.915. The number of halogens is 1. The zero-order valence-corrected chi connectivity index (χ0v) is 15.4. The van der Waals surface area contributed by atoms with E-state index in [1.165, 1.54) is 0 Å². The fraction of sp³-hybridized carbons (Fsp3) is 0.611. The fourth-order valence-corrected chi connectivity index (χ4v) is 3.16. The summed E-state index contributed by atoms with van der Waals surface area (Å²) in [6.45, 7) is 7.87. The molecule has 5 heteroatoms. The highest BCUT2D eigenvalue weighted by Crippen LogP contribution is 2.31. The molecule has 1 aliphatic heterocycles. The van der Waals surface area contributed by atoms with Crippen LogP contribution < -0.4 is 10.5 Å². The maximum atomic E-state index is 12.6. The van der Waals surface area contributed by atoms with Crippen molar-refractivity contribution in [3.63, 3.8) is 0 Å². The molecule has 1 aromatic carbocycles. The predicted molar refractivity (Wildman–Crippen MR) is 96.2 cm³/mol. The number of nitrogens with zero attached hydrogens (tertiary/aromatic N) is 1. The number of ether oxygens (including phenoxy) is 1. The van der Waals surface area contributed by atoms with Crippen LogP contribution in [0.3, 0.4) is 0 Å². The minimum atomic E-state index is -0.0123. The highest BCUT2D eigenvalue weighted by Gasteiger charge is 2.35. The molecule has 0 bridgehead atoms. The number of amides is 1. The summed E-state index contributed by atoms with van der Waals surface area (Å²) in [5.41, 5.74) is 7.23. The Morgan fingerprint density at radius 1 is 1.43 bits per heavy atom. The Morgan fingerprint density at radius 3 is 2.70 bits per heavy atom. The van der Waals surface area contributed by atoms with Crippen molar-refractivity contribution in [2.24, 2.45) is 11.1 Å². The molecule has 0 radical (unpaired) electrons. The molecule has 2 atom stereocenters. The second-order valence-corrected chi connectivity index (χ2v) is 7.05. The zero-order valence-electron chi connectivity index (χ0n) is 14.5. The van der Waals surface area contributed by atoms with Gasteiger partial charge >= 0.3 is 0 Å². The van der Waals surface area contributed by atoms with Crippen molar-refractivity contribution < 1.29 is 9.53 Å². The minimum Gasteiger partial charge on any atom is -0.496 e. The first-order valence-electron chi connectivity index (χ1n) is 8.01. The van der Waals surface area contributed by atoms with Gasteiger partial charge in [0.2, 0.25) is 5.91 Å². The molecule has 0 saturated carbocycles. The van der Waals surface area contributed by atoms with E-state index in [4.69, 9.17) is 10.5 Å². The molecule has 2 rings (SSSR count). The summed E-state index contributed by atoms with van der Waals surface area (Å²) in [6, 6.07) is 8.09. The number of para-hydroxylation sites is 1. The van der Waals surface area contributed by atoms with E-state index in [1.807, 2.05) is 29.2 Å². The van der Waals surface area contributed by atoms with Crippen molar-refractivity contribution in [1.82, 2.24) is 4.90 Å². The number of benzene rings is 1. The number of nitrogens with two attached hydrogens (primary N) is 1. The number of methoxy groups -OCH3 is 1. The monoisotopic (exact) mass is 340 g/mol. The Labute approximate surface area is 145 Å². The predicted octanol–water partition coefficient (Wildman–Crippen LogP) is 3.20. The van der Waals surface area contributed by atoms with Gasteiger partial charge in [-0.15, -0.1) is 12.4 Å². The third kappa shape index (κ3) is 4.61. The lowest BCUT2D eigenvalue weighted by Gasteiger charge is -2.42. The lowest BCUT2D eigenvalue weighted by atomic mass is 9.79. The second-order valence-electron chi connectivity index (χ2n) is 7.05.